The van der Waals surface area contributed by atoms with Crippen LogP contribution in [0, 0.1) is 16.7 Å². The summed E-state index contributed by atoms with van der Waals surface area (Å²) in [5.74, 6) is -1.12. The summed E-state index contributed by atoms with van der Waals surface area (Å²) < 4.78 is 31.3. The lowest BCUT2D eigenvalue weighted by atomic mass is 9.70. The molecule has 158 valence electrons. The van der Waals surface area contributed by atoms with Crippen LogP contribution in [0.4, 0.5) is 0 Å². The van der Waals surface area contributed by atoms with Crippen molar-refractivity contribution in [3.63, 3.8) is 0 Å². The molecule has 1 amide bonds. The molecule has 8 heteroatoms. The standard InChI is InChI=1S/C22H23NO6S/c1-21(2)14-9-10-22(21,17(24)11-14)12-30(27,28)29-23-19(25)15-7-3-5-13-6-4-8-16(18(13)15)20(23)26/h3-8,14,19,25H,9-12H2,1-2H3. The number of Topliss-reactive ketones (excluding diaryl/α,β-unsaturated/α-hetero) is 1. The van der Waals surface area contributed by atoms with Crippen molar-refractivity contribution in [1.82, 2.24) is 5.06 Å². The van der Waals surface area contributed by atoms with Crippen molar-refractivity contribution in [3.8, 4) is 0 Å². The zero-order valence-electron chi connectivity index (χ0n) is 16.8. The molecule has 5 rings (SSSR count). The van der Waals surface area contributed by atoms with Gasteiger partial charge in [-0.25, -0.2) is 0 Å². The van der Waals surface area contributed by atoms with E-state index in [4.69, 9.17) is 4.28 Å². The maximum Gasteiger partial charge on any atom is 0.289 e. The number of hydroxylamine groups is 2. The van der Waals surface area contributed by atoms with Crippen LogP contribution in [0.25, 0.3) is 10.8 Å². The van der Waals surface area contributed by atoms with Gasteiger partial charge >= 0.3 is 0 Å². The molecule has 30 heavy (non-hydrogen) atoms. The normalized spacial score (nSPS) is 29.8. The molecule has 0 spiro atoms. The summed E-state index contributed by atoms with van der Waals surface area (Å²) in [6, 6.07) is 10.3. The first-order valence-corrected chi connectivity index (χ1v) is 11.6. The van der Waals surface area contributed by atoms with Gasteiger partial charge in [0.1, 0.15) is 5.78 Å². The molecular weight excluding hydrogens is 406 g/mol. The zero-order valence-corrected chi connectivity index (χ0v) is 17.6. The number of rotatable bonds is 4. The minimum absolute atomic E-state index is 0.0587. The van der Waals surface area contributed by atoms with Crippen LogP contribution in [-0.4, -0.2) is 36.0 Å². The number of ketones is 1. The zero-order chi connectivity index (χ0) is 21.5. The SMILES string of the molecule is CC1(C)C2CCC1(CS(=O)(=O)ON1C(=O)c3cccc4cccc(c34)C1O)C(=O)C2. The number of hydrogen-bond donors (Lipinski definition) is 1. The molecule has 3 atom stereocenters. The predicted molar refractivity (Wildman–Crippen MR) is 109 cm³/mol. The van der Waals surface area contributed by atoms with E-state index < -0.39 is 38.8 Å². The number of aliphatic hydroxyl groups is 1. The highest BCUT2D eigenvalue weighted by Gasteiger charge is 2.65. The average molecular weight is 429 g/mol. The molecule has 0 radical (unpaired) electrons. The van der Waals surface area contributed by atoms with Gasteiger partial charge in [0.15, 0.2) is 6.23 Å². The number of hydrogen-bond acceptors (Lipinski definition) is 6. The van der Waals surface area contributed by atoms with Gasteiger partial charge in [0.2, 0.25) is 0 Å². The lowest BCUT2D eigenvalue weighted by Crippen LogP contribution is -2.46. The molecule has 1 heterocycles. The van der Waals surface area contributed by atoms with Gasteiger partial charge in [-0.1, -0.05) is 44.2 Å². The molecule has 2 fully saturated rings. The molecule has 0 aromatic heterocycles. The van der Waals surface area contributed by atoms with Gasteiger partial charge in [0.05, 0.1) is 16.7 Å². The smallest absolute Gasteiger partial charge is 0.289 e. The minimum Gasteiger partial charge on any atom is -0.367 e. The second-order valence-corrected chi connectivity index (χ2v) is 10.8. The molecule has 3 aliphatic rings. The Bertz CT molecular complexity index is 1200. The number of benzene rings is 2. The first-order valence-electron chi connectivity index (χ1n) is 10.1. The summed E-state index contributed by atoms with van der Waals surface area (Å²) in [5.41, 5.74) is -0.809. The van der Waals surface area contributed by atoms with Crippen molar-refractivity contribution in [3.05, 3.63) is 47.5 Å². The third-order valence-corrected chi connectivity index (χ3v) is 8.86. The van der Waals surface area contributed by atoms with Crippen LogP contribution in [0.15, 0.2) is 36.4 Å². The Morgan fingerprint density at radius 3 is 2.50 bits per heavy atom. The molecule has 2 aromatic carbocycles. The van der Waals surface area contributed by atoms with E-state index in [1.54, 1.807) is 24.3 Å². The van der Waals surface area contributed by atoms with Gasteiger partial charge in [-0.15, -0.1) is 4.28 Å². The maximum atomic E-state index is 13.0. The van der Waals surface area contributed by atoms with Crippen LogP contribution in [0.3, 0.4) is 0 Å². The third kappa shape index (κ3) is 2.47. The van der Waals surface area contributed by atoms with Crippen molar-refractivity contribution < 1.29 is 27.4 Å². The van der Waals surface area contributed by atoms with Crippen LogP contribution in [0.2, 0.25) is 0 Å². The summed E-state index contributed by atoms with van der Waals surface area (Å²) >= 11 is 0. The number of carbonyl (C=O) groups excluding carboxylic acids is 2. The molecular formula is C22H23NO6S. The van der Waals surface area contributed by atoms with E-state index in [0.29, 0.717) is 28.9 Å². The van der Waals surface area contributed by atoms with Crippen LogP contribution >= 0.6 is 0 Å². The highest BCUT2D eigenvalue weighted by Crippen LogP contribution is 2.64. The highest BCUT2D eigenvalue weighted by atomic mass is 32.2. The fourth-order valence-corrected chi connectivity index (χ4v) is 7.48. The quantitative estimate of drug-likeness (QED) is 0.802. The number of amides is 1. The Balaban J connectivity index is 1.49. The van der Waals surface area contributed by atoms with Gasteiger partial charge in [-0.3, -0.25) is 9.59 Å². The fourth-order valence-electron chi connectivity index (χ4n) is 5.75. The summed E-state index contributed by atoms with van der Waals surface area (Å²) in [5, 5.41) is 12.6. The number of aliphatic hydroxyl groups excluding tert-OH is 1. The number of carbonyl (C=O) groups is 2. The highest BCUT2D eigenvalue weighted by molar-refractivity contribution is 7.86. The molecule has 2 aliphatic carbocycles. The first-order chi connectivity index (χ1) is 14.1. The van der Waals surface area contributed by atoms with E-state index in [1.807, 2.05) is 26.0 Å². The molecule has 1 aliphatic heterocycles. The van der Waals surface area contributed by atoms with Crippen molar-refractivity contribution in [2.75, 3.05) is 5.75 Å². The Labute approximate surface area is 174 Å². The molecule has 1 N–H and O–H groups in total. The average Bonchev–Trinajstić information content (AvgIpc) is 3.03. The fraction of sp³-hybridized carbons (Fsp3) is 0.455. The third-order valence-electron chi connectivity index (χ3n) is 7.62. The summed E-state index contributed by atoms with van der Waals surface area (Å²) in [6.45, 7) is 3.87. The van der Waals surface area contributed by atoms with Crippen LogP contribution in [0.1, 0.15) is 55.3 Å². The molecule has 7 nitrogen and oxygen atoms in total. The van der Waals surface area contributed by atoms with Crippen molar-refractivity contribution in [2.45, 2.75) is 39.3 Å². The van der Waals surface area contributed by atoms with E-state index in [9.17, 15) is 23.1 Å². The maximum absolute atomic E-state index is 13.0. The van der Waals surface area contributed by atoms with Gasteiger partial charge in [0.25, 0.3) is 16.0 Å². The molecule has 2 bridgehead atoms. The molecule has 0 saturated heterocycles. The second-order valence-electron chi connectivity index (χ2n) is 9.20. The van der Waals surface area contributed by atoms with Gasteiger partial charge in [-0.2, -0.15) is 13.5 Å². The predicted octanol–water partition coefficient (Wildman–Crippen LogP) is 2.94. The molecule has 2 saturated carbocycles. The van der Waals surface area contributed by atoms with E-state index in [-0.39, 0.29) is 17.3 Å². The van der Waals surface area contributed by atoms with Gasteiger partial charge in [0, 0.05) is 17.4 Å². The van der Waals surface area contributed by atoms with Crippen LogP contribution in [0.5, 0.6) is 0 Å². The Hall–Kier alpha value is -2.29. The first kappa shape index (κ1) is 19.7. The topological polar surface area (TPSA) is 101 Å². The van der Waals surface area contributed by atoms with Gasteiger partial charge in [-0.05, 0) is 35.6 Å². The Morgan fingerprint density at radius 2 is 1.87 bits per heavy atom. The lowest BCUT2D eigenvalue weighted by molar-refractivity contribution is -0.137. The summed E-state index contributed by atoms with van der Waals surface area (Å²) in [6.07, 6.45) is 0.106. The van der Waals surface area contributed by atoms with Crippen molar-refractivity contribution in [2.24, 2.45) is 16.7 Å². The summed E-state index contributed by atoms with van der Waals surface area (Å²) in [7, 11) is -4.33. The second kappa shape index (κ2) is 6.12. The van der Waals surface area contributed by atoms with Crippen LogP contribution in [-0.2, 0) is 19.2 Å². The van der Waals surface area contributed by atoms with E-state index in [0.717, 1.165) is 11.8 Å². The van der Waals surface area contributed by atoms with Crippen molar-refractivity contribution >= 4 is 32.6 Å². The minimum atomic E-state index is -4.33. The van der Waals surface area contributed by atoms with Gasteiger partial charge < -0.3 is 5.11 Å². The number of fused-ring (bicyclic) bond motifs is 2. The molecule has 3 unspecified atom stereocenters. The van der Waals surface area contributed by atoms with E-state index in [2.05, 4.69) is 0 Å². The number of nitrogens with zero attached hydrogens (tertiary/aromatic N) is 1. The Kier molecular flexibility index (Phi) is 4.01. The Morgan fingerprint density at radius 1 is 1.17 bits per heavy atom. The van der Waals surface area contributed by atoms with E-state index in [1.165, 1.54) is 0 Å². The monoisotopic (exact) mass is 429 g/mol. The van der Waals surface area contributed by atoms with E-state index >= 15 is 0 Å². The van der Waals surface area contributed by atoms with Crippen LogP contribution < -0.4 is 0 Å². The summed E-state index contributed by atoms with van der Waals surface area (Å²) in [4.78, 5) is 25.7. The molecule has 2 aromatic rings. The van der Waals surface area contributed by atoms with Crippen molar-refractivity contribution in [1.29, 1.82) is 0 Å². The largest absolute Gasteiger partial charge is 0.367 e. The lowest BCUT2D eigenvalue weighted by Gasteiger charge is -2.37.